The Hall–Kier alpha value is -5.87. The van der Waals surface area contributed by atoms with Crippen LogP contribution in [0.1, 0.15) is 62.5 Å². The van der Waals surface area contributed by atoms with Crippen molar-refractivity contribution in [3.63, 3.8) is 0 Å². The van der Waals surface area contributed by atoms with Gasteiger partial charge in [-0.25, -0.2) is 0 Å². The lowest BCUT2D eigenvalue weighted by Crippen LogP contribution is -2.59. The Morgan fingerprint density at radius 1 is 0.581 bits per heavy atom. The lowest BCUT2D eigenvalue weighted by Gasteiger charge is -2.27. The lowest BCUT2D eigenvalue weighted by atomic mass is 10.0. The van der Waals surface area contributed by atoms with Crippen LogP contribution >= 0.6 is 23.5 Å². The topological polar surface area (TPSA) is 367 Å². The molecule has 0 fully saturated rings. The van der Waals surface area contributed by atoms with Crippen molar-refractivity contribution in [1.82, 2.24) is 21.3 Å². The highest BCUT2D eigenvalue weighted by atomic mass is 32.2. The lowest BCUT2D eigenvalue weighted by molar-refractivity contribution is -0.137. The first kappa shape index (κ1) is 52.3. The molecule has 0 aromatic heterocycles. The Morgan fingerprint density at radius 2 is 1.11 bits per heavy atom. The van der Waals surface area contributed by atoms with Gasteiger partial charge in [0.1, 0.15) is 29.9 Å². The molecule has 2 unspecified atom stereocenters. The number of primary amides is 3. The molecule has 2 rings (SSSR count). The Labute approximate surface area is 366 Å². The molecule has 0 aliphatic heterocycles. The Bertz CT molecular complexity index is 1840. The van der Waals surface area contributed by atoms with Crippen LogP contribution in [0.2, 0.25) is 0 Å². The first-order chi connectivity index (χ1) is 29.3. The second-order valence-corrected chi connectivity index (χ2v) is 16.8. The number of hydrogen-bond donors (Lipinski definition) is 11. The number of unbranched alkanes of at least 4 members (excludes halogenated alkanes) is 1. The number of rotatable bonds is 31. The number of phenols is 1. The first-order valence-electron chi connectivity index (χ1n) is 19.6. The summed E-state index contributed by atoms with van der Waals surface area (Å²) in [4.78, 5) is 112. The summed E-state index contributed by atoms with van der Waals surface area (Å²) in [6.45, 7) is 0. The molecule has 22 heteroatoms. The number of carboxylic acid groups (broad SMARTS) is 2. The van der Waals surface area contributed by atoms with Crippen molar-refractivity contribution < 1.29 is 58.5 Å². The van der Waals surface area contributed by atoms with Crippen molar-refractivity contribution in [3.8, 4) is 5.75 Å². The fourth-order valence-electron chi connectivity index (χ4n) is 5.79. The van der Waals surface area contributed by atoms with E-state index in [1.165, 1.54) is 47.8 Å². The predicted octanol–water partition coefficient (Wildman–Crippen LogP) is -0.975. The van der Waals surface area contributed by atoms with Gasteiger partial charge in [0.25, 0.3) is 0 Å². The van der Waals surface area contributed by atoms with Crippen molar-refractivity contribution in [3.05, 3.63) is 65.7 Å². The van der Waals surface area contributed by atoms with E-state index in [1.54, 1.807) is 30.3 Å². The Kier molecular flexibility index (Phi) is 23.5. The standard InChI is InChI=1S/C40H56N8O12S2/c41-27(22-61-21-26(62-17-16-35(54)55)8-4-5-9-34(52)53)37(57)47-30(19-24-10-12-25(49)13-11-24)40(60)48-31(18-23-6-2-1-3-7-23)39(59)45-28(14-15-32(42)50)38(58)46-29(36(44)56)20-33(43)51/h1-3,6-7,10-13,26-31,49H,4-5,8-9,14-22,41H2,(H2,42,50)(H2,43,51)(H2,44,56)(H,45,59)(H,46,58)(H,47,57)(H,48,60)(H,52,53)(H,54,55)/t26?,27?,28-,29-,30-,31-/m0/s1. The van der Waals surface area contributed by atoms with Crippen LogP contribution in [-0.4, -0.2) is 121 Å². The van der Waals surface area contributed by atoms with Gasteiger partial charge in [0, 0.05) is 48.2 Å². The maximum atomic E-state index is 14.1. The first-order valence-corrected chi connectivity index (χ1v) is 21.8. The minimum absolute atomic E-state index is 0.00830. The molecule has 15 N–H and O–H groups in total. The highest BCUT2D eigenvalue weighted by Crippen LogP contribution is 2.24. The number of phenolic OH excluding ortho intramolecular Hbond substituents is 1. The van der Waals surface area contributed by atoms with E-state index in [2.05, 4.69) is 21.3 Å². The fourth-order valence-corrected chi connectivity index (χ4v) is 8.39. The molecule has 20 nitrogen and oxygen atoms in total. The van der Waals surface area contributed by atoms with Crippen LogP contribution in [0.5, 0.6) is 5.75 Å². The number of benzene rings is 2. The second kappa shape index (κ2) is 27.9. The van der Waals surface area contributed by atoms with Crippen molar-refractivity contribution in [2.45, 2.75) is 99.7 Å². The van der Waals surface area contributed by atoms with Gasteiger partial charge in [0.15, 0.2) is 0 Å². The van der Waals surface area contributed by atoms with Crippen LogP contribution in [0.3, 0.4) is 0 Å². The molecule has 2 aromatic carbocycles. The van der Waals surface area contributed by atoms with Gasteiger partial charge in [0.05, 0.1) is 18.9 Å². The van der Waals surface area contributed by atoms with Crippen LogP contribution in [0.4, 0.5) is 0 Å². The quantitative estimate of drug-likeness (QED) is 0.0406. The molecule has 340 valence electrons. The molecule has 0 spiro atoms. The molecule has 0 saturated heterocycles. The summed E-state index contributed by atoms with van der Waals surface area (Å²) in [5.41, 5.74) is 23.2. The highest BCUT2D eigenvalue weighted by molar-refractivity contribution is 8.03. The molecule has 62 heavy (non-hydrogen) atoms. The van der Waals surface area contributed by atoms with Crippen LogP contribution in [0.25, 0.3) is 0 Å². The summed E-state index contributed by atoms with van der Waals surface area (Å²) in [7, 11) is 0. The highest BCUT2D eigenvalue weighted by Gasteiger charge is 2.32. The van der Waals surface area contributed by atoms with Crippen LogP contribution < -0.4 is 44.2 Å². The number of nitrogens with two attached hydrogens (primary N) is 4. The minimum Gasteiger partial charge on any atom is -0.508 e. The van der Waals surface area contributed by atoms with Gasteiger partial charge >= 0.3 is 11.9 Å². The molecule has 0 radical (unpaired) electrons. The zero-order chi connectivity index (χ0) is 46.2. The molecule has 0 aliphatic carbocycles. The van der Waals surface area contributed by atoms with Gasteiger partial charge in [0.2, 0.25) is 41.4 Å². The fraction of sp³-hybridized carbons (Fsp3) is 0.475. The molecule has 7 amide bonds. The van der Waals surface area contributed by atoms with E-state index in [9.17, 15) is 48.3 Å². The number of amides is 7. The summed E-state index contributed by atoms with van der Waals surface area (Å²) in [6, 6.07) is 7.41. The number of hydrogen-bond acceptors (Lipinski definition) is 13. The average Bonchev–Trinajstić information content (AvgIpc) is 3.20. The minimum atomic E-state index is -1.54. The summed E-state index contributed by atoms with van der Waals surface area (Å²) in [5.74, 6) is -7.27. The molecule has 6 atom stereocenters. The second-order valence-electron chi connectivity index (χ2n) is 14.3. The van der Waals surface area contributed by atoms with Crippen molar-refractivity contribution in [2.75, 3.05) is 17.3 Å². The molecule has 0 heterocycles. The van der Waals surface area contributed by atoms with E-state index in [0.29, 0.717) is 41.9 Å². The molecular formula is C40H56N8O12S2. The van der Waals surface area contributed by atoms with E-state index in [0.717, 1.165) is 0 Å². The van der Waals surface area contributed by atoms with Gasteiger partial charge in [-0.15, -0.1) is 0 Å². The molecular weight excluding hydrogens is 849 g/mol. The Morgan fingerprint density at radius 3 is 1.66 bits per heavy atom. The third-order valence-corrected chi connectivity index (χ3v) is 11.8. The number of carbonyl (C=O) groups excluding carboxylic acids is 7. The maximum absolute atomic E-state index is 14.1. The largest absolute Gasteiger partial charge is 0.508 e. The van der Waals surface area contributed by atoms with Gasteiger partial charge in [-0.05, 0) is 42.5 Å². The van der Waals surface area contributed by atoms with Gasteiger partial charge < -0.3 is 59.5 Å². The average molecular weight is 905 g/mol. The zero-order valence-corrected chi connectivity index (χ0v) is 35.6. The summed E-state index contributed by atoms with van der Waals surface area (Å²) in [6.07, 6.45) is 0.0250. The van der Waals surface area contributed by atoms with Crippen LogP contribution in [0.15, 0.2) is 54.6 Å². The molecule has 0 saturated carbocycles. The molecule has 0 bridgehead atoms. The number of carbonyl (C=O) groups is 9. The van der Waals surface area contributed by atoms with Crippen LogP contribution in [0, 0.1) is 0 Å². The van der Waals surface area contributed by atoms with E-state index >= 15 is 0 Å². The number of carboxylic acids is 2. The number of aliphatic carboxylic acids is 2. The van der Waals surface area contributed by atoms with E-state index in [1.807, 2.05) is 0 Å². The molecule has 0 aliphatic rings. The summed E-state index contributed by atoms with van der Waals surface area (Å²) >= 11 is 2.77. The third-order valence-electron chi connectivity index (χ3n) is 9.08. The van der Waals surface area contributed by atoms with Crippen LogP contribution in [-0.2, 0) is 56.0 Å². The predicted molar refractivity (Wildman–Crippen MR) is 231 cm³/mol. The summed E-state index contributed by atoms with van der Waals surface area (Å²) in [5, 5.41) is 37.9. The zero-order valence-electron chi connectivity index (χ0n) is 34.0. The van der Waals surface area contributed by atoms with Crippen molar-refractivity contribution in [1.29, 1.82) is 0 Å². The van der Waals surface area contributed by atoms with E-state index in [-0.39, 0.29) is 55.3 Å². The normalized spacial score (nSPS) is 13.8. The Balaban J connectivity index is 2.32. The van der Waals surface area contributed by atoms with Crippen molar-refractivity contribution in [2.24, 2.45) is 22.9 Å². The van der Waals surface area contributed by atoms with E-state index in [4.69, 9.17) is 33.1 Å². The number of thioether (sulfide) groups is 2. The third kappa shape index (κ3) is 21.6. The SMILES string of the molecule is NC(=O)CC[C@H](NC(=O)[C@H](Cc1ccccc1)NC(=O)[C@H](Cc1ccc(O)cc1)NC(=O)C(N)CSCC(CCCCC(=O)O)SCCC(=O)O)C(=O)N[C@@H](CC(N)=O)C(N)=O. The molecule has 2 aromatic rings. The van der Waals surface area contributed by atoms with Crippen molar-refractivity contribution >= 4 is 76.8 Å². The monoisotopic (exact) mass is 904 g/mol. The van der Waals surface area contributed by atoms with Gasteiger partial charge in [-0.3, -0.25) is 43.2 Å². The van der Waals surface area contributed by atoms with E-state index < -0.39 is 89.9 Å². The number of aromatic hydroxyl groups is 1. The smallest absolute Gasteiger partial charge is 0.304 e. The summed E-state index contributed by atoms with van der Waals surface area (Å²) < 4.78 is 0. The number of nitrogens with one attached hydrogen (secondary N) is 4. The van der Waals surface area contributed by atoms with Gasteiger partial charge in [-0.1, -0.05) is 48.9 Å². The maximum Gasteiger partial charge on any atom is 0.304 e. The van der Waals surface area contributed by atoms with Gasteiger partial charge in [-0.2, -0.15) is 23.5 Å².